The minimum absolute atomic E-state index is 0.119. The van der Waals surface area contributed by atoms with Crippen molar-refractivity contribution in [3.05, 3.63) is 73.9 Å². The molecular weight excluding hydrogens is 619 g/mol. The minimum Gasteiger partial charge on any atom is -0.457 e. The monoisotopic (exact) mass is 650 g/mol. The molecule has 0 spiro atoms. The van der Waals surface area contributed by atoms with Gasteiger partial charge in [-0.3, -0.25) is 9.48 Å². The molecule has 0 radical (unpaired) electrons. The van der Waals surface area contributed by atoms with Crippen molar-refractivity contribution in [2.45, 2.75) is 58.7 Å². The van der Waals surface area contributed by atoms with Crippen LogP contribution in [0.2, 0.25) is 10.0 Å². The summed E-state index contributed by atoms with van der Waals surface area (Å²) in [6.45, 7) is 8.86. The number of aromatic nitrogens is 2. The Morgan fingerprint density at radius 2 is 1.82 bits per heavy atom. The summed E-state index contributed by atoms with van der Waals surface area (Å²) in [5.41, 5.74) is 1.65. The van der Waals surface area contributed by atoms with Gasteiger partial charge in [0.1, 0.15) is 22.8 Å². The molecule has 1 aromatic heterocycles. The largest absolute Gasteiger partial charge is 0.457 e. The van der Waals surface area contributed by atoms with Gasteiger partial charge in [-0.15, -0.1) is 0 Å². The van der Waals surface area contributed by atoms with Gasteiger partial charge in [0.05, 0.1) is 22.3 Å². The number of hydrogen-bond donors (Lipinski definition) is 0. The highest BCUT2D eigenvalue weighted by Gasteiger charge is 2.32. The van der Waals surface area contributed by atoms with Gasteiger partial charge in [0.25, 0.3) is 5.91 Å². The molecular formula is C29H33BrCl2N4O4. The Morgan fingerprint density at radius 3 is 2.50 bits per heavy atom. The SMILES string of the molecule is Cc1cnn(C2CCCN(C(=O)OC(C)(C)C)C2)c1C(=O)N(C)Cc1ccc(Oc2ccc(Cl)c(Cl)c2)cc1Br. The maximum Gasteiger partial charge on any atom is 0.410 e. The highest BCUT2D eigenvalue weighted by atomic mass is 79.9. The number of hydrogen-bond acceptors (Lipinski definition) is 5. The Hall–Kier alpha value is -2.75. The molecule has 2 heterocycles. The van der Waals surface area contributed by atoms with E-state index in [0.717, 1.165) is 28.4 Å². The molecule has 1 fully saturated rings. The van der Waals surface area contributed by atoms with E-state index in [1.165, 1.54) is 0 Å². The molecule has 0 bridgehead atoms. The summed E-state index contributed by atoms with van der Waals surface area (Å²) in [5.74, 6) is 1.04. The first-order chi connectivity index (χ1) is 18.8. The lowest BCUT2D eigenvalue weighted by molar-refractivity contribution is 0.0166. The van der Waals surface area contributed by atoms with E-state index in [1.54, 1.807) is 45.9 Å². The summed E-state index contributed by atoms with van der Waals surface area (Å²) in [7, 11) is 1.76. The third-order valence-corrected chi connectivity index (χ3v) is 7.96. The highest BCUT2D eigenvalue weighted by Crippen LogP contribution is 2.32. The lowest BCUT2D eigenvalue weighted by Crippen LogP contribution is -2.44. The summed E-state index contributed by atoms with van der Waals surface area (Å²) in [6.07, 6.45) is 2.98. The Kier molecular flexibility index (Phi) is 9.37. The van der Waals surface area contributed by atoms with Gasteiger partial charge in [0, 0.05) is 42.8 Å². The number of halogens is 3. The second-order valence-corrected chi connectivity index (χ2v) is 12.6. The molecule has 3 aromatic rings. The van der Waals surface area contributed by atoms with Gasteiger partial charge < -0.3 is 19.3 Å². The first-order valence-electron chi connectivity index (χ1n) is 13.0. The quantitative estimate of drug-likeness (QED) is 0.271. The summed E-state index contributed by atoms with van der Waals surface area (Å²) >= 11 is 15.7. The standard InChI is InChI=1S/C29H33BrCl2N4O4/c1-18-15-33-36(20-7-6-12-35(17-20)28(38)40-29(2,3)4)26(18)27(37)34(5)16-19-8-9-21(13-23(19)30)39-22-10-11-24(31)25(32)14-22/h8-11,13-15,20H,6-7,12,16-17H2,1-5H3. The van der Waals surface area contributed by atoms with E-state index in [-0.39, 0.29) is 18.0 Å². The zero-order valence-corrected chi connectivity index (χ0v) is 26.3. The molecule has 11 heteroatoms. The maximum atomic E-state index is 13.7. The van der Waals surface area contributed by atoms with Crippen molar-refractivity contribution in [3.8, 4) is 11.5 Å². The van der Waals surface area contributed by atoms with Crippen LogP contribution in [-0.4, -0.2) is 57.3 Å². The van der Waals surface area contributed by atoms with Crippen LogP contribution in [0.25, 0.3) is 0 Å². The predicted octanol–water partition coefficient (Wildman–Crippen LogP) is 7.90. The number of piperidine rings is 1. The summed E-state index contributed by atoms with van der Waals surface area (Å²) < 4.78 is 14.1. The van der Waals surface area contributed by atoms with Crippen molar-refractivity contribution in [2.24, 2.45) is 0 Å². The highest BCUT2D eigenvalue weighted by molar-refractivity contribution is 9.10. The van der Waals surface area contributed by atoms with Gasteiger partial charge in [-0.1, -0.05) is 45.2 Å². The molecule has 1 aliphatic heterocycles. The molecule has 0 saturated carbocycles. The number of amides is 2. The van der Waals surface area contributed by atoms with E-state index < -0.39 is 5.60 Å². The fourth-order valence-corrected chi connectivity index (χ4v) is 5.31. The Morgan fingerprint density at radius 1 is 1.12 bits per heavy atom. The first kappa shape index (κ1) is 30.2. The Bertz CT molecular complexity index is 1410. The third kappa shape index (κ3) is 7.30. The van der Waals surface area contributed by atoms with Gasteiger partial charge in [0.15, 0.2) is 0 Å². The first-order valence-corrected chi connectivity index (χ1v) is 14.6. The van der Waals surface area contributed by atoms with Crippen molar-refractivity contribution in [2.75, 3.05) is 20.1 Å². The molecule has 2 aromatic carbocycles. The number of rotatable bonds is 6. The summed E-state index contributed by atoms with van der Waals surface area (Å²) in [6, 6.07) is 10.5. The Labute approximate surface area is 253 Å². The fourth-order valence-electron chi connectivity index (χ4n) is 4.54. The number of carbonyl (C=O) groups is 2. The predicted molar refractivity (Wildman–Crippen MR) is 160 cm³/mol. The molecule has 8 nitrogen and oxygen atoms in total. The van der Waals surface area contributed by atoms with E-state index in [2.05, 4.69) is 21.0 Å². The van der Waals surface area contributed by atoms with E-state index in [4.69, 9.17) is 32.7 Å². The minimum atomic E-state index is -0.571. The van der Waals surface area contributed by atoms with Crippen LogP contribution < -0.4 is 4.74 Å². The molecule has 40 heavy (non-hydrogen) atoms. The smallest absolute Gasteiger partial charge is 0.410 e. The van der Waals surface area contributed by atoms with Crippen LogP contribution >= 0.6 is 39.1 Å². The molecule has 0 aliphatic carbocycles. The van der Waals surface area contributed by atoms with Crippen LogP contribution in [0.5, 0.6) is 11.5 Å². The fraction of sp³-hybridized carbons (Fsp3) is 0.414. The molecule has 1 saturated heterocycles. The van der Waals surface area contributed by atoms with Crippen LogP contribution in [0.1, 0.15) is 61.3 Å². The number of aryl methyl sites for hydroxylation is 1. The Balaban J connectivity index is 1.46. The average molecular weight is 652 g/mol. The molecule has 1 aliphatic rings. The van der Waals surface area contributed by atoms with Gasteiger partial charge in [-0.05, 0) is 70.4 Å². The summed E-state index contributed by atoms with van der Waals surface area (Å²) in [5, 5.41) is 5.42. The zero-order valence-electron chi connectivity index (χ0n) is 23.2. The molecule has 1 unspecified atom stereocenters. The normalized spacial score (nSPS) is 15.6. The third-order valence-electron chi connectivity index (χ3n) is 6.48. The van der Waals surface area contributed by atoms with Crippen molar-refractivity contribution in [1.82, 2.24) is 19.6 Å². The second kappa shape index (κ2) is 12.4. The van der Waals surface area contributed by atoms with Gasteiger partial charge in [0.2, 0.25) is 0 Å². The average Bonchev–Trinajstić information content (AvgIpc) is 3.27. The van der Waals surface area contributed by atoms with Gasteiger partial charge in [-0.2, -0.15) is 5.10 Å². The number of likely N-dealkylation sites (tertiary alicyclic amines) is 1. The van der Waals surface area contributed by atoms with Crippen molar-refractivity contribution < 1.29 is 19.1 Å². The van der Waals surface area contributed by atoms with Gasteiger partial charge in [-0.25, -0.2) is 4.79 Å². The molecule has 0 N–H and O–H groups in total. The van der Waals surface area contributed by atoms with Crippen molar-refractivity contribution >= 4 is 51.1 Å². The molecule has 4 rings (SSSR count). The molecule has 1 atom stereocenters. The maximum absolute atomic E-state index is 13.7. The van der Waals surface area contributed by atoms with Crippen LogP contribution in [0.15, 0.2) is 47.1 Å². The van der Waals surface area contributed by atoms with Crippen LogP contribution in [0.3, 0.4) is 0 Å². The lowest BCUT2D eigenvalue weighted by Gasteiger charge is -2.34. The topological polar surface area (TPSA) is 76.9 Å². The number of ether oxygens (including phenoxy) is 2. The molecule has 2 amide bonds. The van der Waals surface area contributed by atoms with E-state index in [1.807, 2.05) is 45.9 Å². The zero-order chi connectivity index (χ0) is 29.2. The lowest BCUT2D eigenvalue weighted by atomic mass is 10.1. The molecule has 214 valence electrons. The number of nitrogens with zero attached hydrogens (tertiary/aromatic N) is 4. The van der Waals surface area contributed by atoms with Crippen LogP contribution in [0, 0.1) is 6.92 Å². The van der Waals surface area contributed by atoms with E-state index in [0.29, 0.717) is 46.9 Å². The second-order valence-electron chi connectivity index (χ2n) is 10.9. The number of carbonyl (C=O) groups excluding carboxylic acids is 2. The van der Waals surface area contributed by atoms with Crippen LogP contribution in [-0.2, 0) is 11.3 Å². The van der Waals surface area contributed by atoms with E-state index >= 15 is 0 Å². The summed E-state index contributed by atoms with van der Waals surface area (Å²) in [4.78, 5) is 29.7. The van der Waals surface area contributed by atoms with Crippen molar-refractivity contribution in [1.29, 1.82) is 0 Å². The van der Waals surface area contributed by atoms with Crippen molar-refractivity contribution in [3.63, 3.8) is 0 Å². The van der Waals surface area contributed by atoms with Gasteiger partial charge >= 0.3 is 6.09 Å². The van der Waals surface area contributed by atoms with E-state index in [9.17, 15) is 9.59 Å². The number of benzene rings is 2. The van der Waals surface area contributed by atoms with Crippen LogP contribution in [0.4, 0.5) is 4.79 Å².